The van der Waals surface area contributed by atoms with Gasteiger partial charge in [-0.1, -0.05) is 30.3 Å². The largest absolute Gasteiger partial charge is 0.379 e. The number of hydrogen-bond acceptors (Lipinski definition) is 4. The first-order valence-corrected chi connectivity index (χ1v) is 10.2. The first-order valence-electron chi connectivity index (χ1n) is 8.62. The molecule has 144 valence electrons. The maximum Gasteiger partial charge on any atom is 0.251 e. The molecule has 0 atom stereocenters. The second-order valence-electron chi connectivity index (χ2n) is 6.23. The summed E-state index contributed by atoms with van der Waals surface area (Å²) in [5.41, 5.74) is 1.55. The Bertz CT molecular complexity index is 911. The van der Waals surface area contributed by atoms with Gasteiger partial charge in [0.1, 0.15) is 5.82 Å². The van der Waals surface area contributed by atoms with Gasteiger partial charge in [-0.05, 0) is 29.3 Å². The fourth-order valence-electron chi connectivity index (χ4n) is 2.89. The predicted octanol–water partition coefficient (Wildman–Crippen LogP) is 1.92. The molecule has 3 rings (SSSR count). The van der Waals surface area contributed by atoms with Gasteiger partial charge < -0.3 is 10.1 Å². The second-order valence-corrected chi connectivity index (χ2v) is 8.20. The molecule has 0 aliphatic carbocycles. The highest BCUT2D eigenvalue weighted by Gasteiger charge is 2.25. The molecule has 1 aliphatic heterocycles. The molecule has 2 aromatic carbocycles. The fourth-order valence-corrected chi connectivity index (χ4v) is 4.45. The highest BCUT2D eigenvalue weighted by atomic mass is 32.2. The van der Waals surface area contributed by atoms with Crippen LogP contribution < -0.4 is 5.32 Å². The van der Waals surface area contributed by atoms with Crippen molar-refractivity contribution in [2.75, 3.05) is 26.3 Å². The molecule has 1 aliphatic rings. The van der Waals surface area contributed by atoms with Crippen LogP contribution in [0.3, 0.4) is 0 Å². The SMILES string of the molecule is O=C(NCc1ccccc1CS(=O)(=O)N1CCOCC1)c1cccc(F)c1. The number of benzene rings is 2. The summed E-state index contributed by atoms with van der Waals surface area (Å²) in [6.45, 7) is 1.64. The smallest absolute Gasteiger partial charge is 0.251 e. The van der Waals surface area contributed by atoms with Gasteiger partial charge >= 0.3 is 0 Å². The molecule has 2 aromatic rings. The predicted molar refractivity (Wildman–Crippen MR) is 99.0 cm³/mol. The summed E-state index contributed by atoms with van der Waals surface area (Å²) in [7, 11) is -3.46. The van der Waals surface area contributed by atoms with Gasteiger partial charge in [0.15, 0.2) is 0 Å². The zero-order valence-corrected chi connectivity index (χ0v) is 15.5. The van der Waals surface area contributed by atoms with E-state index in [0.717, 1.165) is 6.07 Å². The molecule has 1 amide bonds. The Labute approximate surface area is 158 Å². The van der Waals surface area contributed by atoms with Crippen LogP contribution in [0, 0.1) is 5.82 Å². The number of sulfonamides is 1. The van der Waals surface area contributed by atoms with Crippen LogP contribution in [0.5, 0.6) is 0 Å². The van der Waals surface area contributed by atoms with Gasteiger partial charge in [-0.2, -0.15) is 4.31 Å². The lowest BCUT2D eigenvalue weighted by molar-refractivity contribution is 0.0729. The van der Waals surface area contributed by atoms with E-state index in [2.05, 4.69) is 5.32 Å². The number of carbonyl (C=O) groups is 1. The van der Waals surface area contributed by atoms with Gasteiger partial charge in [-0.25, -0.2) is 12.8 Å². The van der Waals surface area contributed by atoms with Crippen molar-refractivity contribution in [1.82, 2.24) is 9.62 Å². The van der Waals surface area contributed by atoms with Crippen LogP contribution >= 0.6 is 0 Å². The van der Waals surface area contributed by atoms with Crippen molar-refractivity contribution >= 4 is 15.9 Å². The minimum atomic E-state index is -3.46. The average molecular weight is 392 g/mol. The maximum absolute atomic E-state index is 13.3. The molecule has 6 nitrogen and oxygen atoms in total. The van der Waals surface area contributed by atoms with Gasteiger partial charge in [0.2, 0.25) is 10.0 Å². The lowest BCUT2D eigenvalue weighted by Crippen LogP contribution is -2.41. The third kappa shape index (κ3) is 5.12. The van der Waals surface area contributed by atoms with Crippen LogP contribution in [0.2, 0.25) is 0 Å². The molecule has 1 N–H and O–H groups in total. The molecule has 0 bridgehead atoms. The number of nitrogens with zero attached hydrogens (tertiary/aromatic N) is 1. The van der Waals surface area contributed by atoms with E-state index in [4.69, 9.17) is 4.74 Å². The summed E-state index contributed by atoms with van der Waals surface area (Å²) < 4.78 is 45.2. The number of morpholine rings is 1. The first kappa shape index (κ1) is 19.5. The Hall–Kier alpha value is -2.29. The van der Waals surface area contributed by atoms with Gasteiger partial charge in [-0.3, -0.25) is 4.79 Å². The lowest BCUT2D eigenvalue weighted by atomic mass is 10.1. The molecule has 27 heavy (non-hydrogen) atoms. The van der Waals surface area contributed by atoms with Gasteiger partial charge in [0.25, 0.3) is 5.91 Å². The number of hydrogen-bond donors (Lipinski definition) is 1. The lowest BCUT2D eigenvalue weighted by Gasteiger charge is -2.26. The molecule has 0 spiro atoms. The standard InChI is InChI=1S/C19H21FN2O4S/c20-18-7-3-6-15(12-18)19(23)21-13-16-4-1-2-5-17(16)14-27(24,25)22-8-10-26-11-9-22/h1-7,12H,8-11,13-14H2,(H,21,23). The highest BCUT2D eigenvalue weighted by Crippen LogP contribution is 2.17. The van der Waals surface area contributed by atoms with Crippen molar-refractivity contribution < 1.29 is 22.3 Å². The number of rotatable bonds is 6. The topological polar surface area (TPSA) is 75.7 Å². The maximum atomic E-state index is 13.3. The average Bonchev–Trinajstić information content (AvgIpc) is 2.67. The molecule has 1 saturated heterocycles. The molecule has 0 unspecified atom stereocenters. The Morgan fingerprint density at radius 1 is 1.07 bits per heavy atom. The summed E-state index contributed by atoms with van der Waals surface area (Å²) in [4.78, 5) is 12.2. The summed E-state index contributed by atoms with van der Waals surface area (Å²) in [6.07, 6.45) is 0. The normalized spacial score (nSPS) is 15.4. The summed E-state index contributed by atoms with van der Waals surface area (Å²) >= 11 is 0. The van der Waals surface area contributed by atoms with Crippen LogP contribution in [-0.2, 0) is 27.1 Å². The van der Waals surface area contributed by atoms with E-state index < -0.39 is 21.7 Å². The highest BCUT2D eigenvalue weighted by molar-refractivity contribution is 7.88. The quantitative estimate of drug-likeness (QED) is 0.815. The number of halogens is 1. The monoisotopic (exact) mass is 392 g/mol. The van der Waals surface area contributed by atoms with Crippen LogP contribution in [-0.4, -0.2) is 44.9 Å². The van der Waals surface area contributed by atoms with Crippen molar-refractivity contribution in [2.45, 2.75) is 12.3 Å². The van der Waals surface area contributed by atoms with E-state index in [-0.39, 0.29) is 17.9 Å². The molecular weight excluding hydrogens is 371 g/mol. The number of ether oxygens (including phenoxy) is 1. The second kappa shape index (κ2) is 8.60. The zero-order chi connectivity index (χ0) is 19.3. The molecule has 0 aromatic heterocycles. The number of carbonyl (C=O) groups excluding carboxylic acids is 1. The molecular formula is C19H21FN2O4S. The minimum Gasteiger partial charge on any atom is -0.379 e. The van der Waals surface area contributed by atoms with Gasteiger partial charge in [-0.15, -0.1) is 0 Å². The van der Waals surface area contributed by atoms with Crippen LogP contribution in [0.25, 0.3) is 0 Å². The third-order valence-corrected chi connectivity index (χ3v) is 6.17. The van der Waals surface area contributed by atoms with Crippen molar-refractivity contribution in [3.05, 3.63) is 71.0 Å². The third-order valence-electron chi connectivity index (χ3n) is 4.35. The van der Waals surface area contributed by atoms with Gasteiger partial charge in [0.05, 0.1) is 19.0 Å². The molecule has 8 heteroatoms. The van der Waals surface area contributed by atoms with Crippen LogP contribution in [0.4, 0.5) is 4.39 Å². The molecule has 1 fully saturated rings. The van der Waals surface area contributed by atoms with Crippen LogP contribution in [0.1, 0.15) is 21.5 Å². The van der Waals surface area contributed by atoms with Crippen molar-refractivity contribution in [3.63, 3.8) is 0 Å². The van der Waals surface area contributed by atoms with Crippen LogP contribution in [0.15, 0.2) is 48.5 Å². The Morgan fingerprint density at radius 3 is 2.48 bits per heavy atom. The Balaban J connectivity index is 1.69. The number of amides is 1. The summed E-state index contributed by atoms with van der Waals surface area (Å²) in [5.74, 6) is -1.04. The Kier molecular flexibility index (Phi) is 6.20. The van der Waals surface area contributed by atoms with Gasteiger partial charge in [0, 0.05) is 25.2 Å². The van der Waals surface area contributed by atoms with Crippen molar-refractivity contribution in [1.29, 1.82) is 0 Å². The molecule has 0 radical (unpaired) electrons. The first-order chi connectivity index (χ1) is 13.0. The molecule has 1 heterocycles. The van der Waals surface area contributed by atoms with E-state index in [1.807, 2.05) is 0 Å². The van der Waals surface area contributed by atoms with E-state index in [9.17, 15) is 17.6 Å². The molecule has 0 saturated carbocycles. The Morgan fingerprint density at radius 2 is 1.78 bits per heavy atom. The summed E-state index contributed by atoms with van der Waals surface area (Å²) in [6, 6.07) is 12.5. The fraction of sp³-hybridized carbons (Fsp3) is 0.316. The van der Waals surface area contributed by atoms with E-state index in [0.29, 0.717) is 37.4 Å². The van der Waals surface area contributed by atoms with E-state index in [1.54, 1.807) is 24.3 Å². The van der Waals surface area contributed by atoms with E-state index >= 15 is 0 Å². The minimum absolute atomic E-state index is 0.140. The summed E-state index contributed by atoms with van der Waals surface area (Å²) in [5, 5.41) is 2.71. The van der Waals surface area contributed by atoms with Crippen molar-refractivity contribution in [3.8, 4) is 0 Å². The zero-order valence-electron chi connectivity index (χ0n) is 14.7. The van der Waals surface area contributed by atoms with E-state index in [1.165, 1.54) is 22.5 Å². The van der Waals surface area contributed by atoms with Crippen molar-refractivity contribution in [2.24, 2.45) is 0 Å². The number of nitrogens with one attached hydrogen (secondary N) is 1.